The number of anilines is 2. The lowest BCUT2D eigenvalue weighted by Crippen LogP contribution is -2.37. The zero-order valence-corrected chi connectivity index (χ0v) is 25.1. The Balaban J connectivity index is 1.23. The van der Waals surface area contributed by atoms with Crippen LogP contribution in [0.1, 0.15) is 82.1 Å². The molecule has 3 aromatic carbocycles. The summed E-state index contributed by atoms with van der Waals surface area (Å²) < 4.78 is 15.5. The van der Waals surface area contributed by atoms with Crippen molar-refractivity contribution in [1.82, 2.24) is 30.4 Å². The van der Waals surface area contributed by atoms with Crippen molar-refractivity contribution in [2.45, 2.75) is 38.9 Å². The maximum atomic E-state index is 14.5. The molecule has 1 aliphatic carbocycles. The lowest BCUT2D eigenvalue weighted by molar-refractivity contribution is 0.0695. The van der Waals surface area contributed by atoms with Crippen LogP contribution in [0.3, 0.4) is 0 Å². The van der Waals surface area contributed by atoms with E-state index in [1.165, 1.54) is 30.3 Å². The molecule has 2 heterocycles. The van der Waals surface area contributed by atoms with E-state index in [2.05, 4.69) is 31.2 Å². The van der Waals surface area contributed by atoms with Crippen LogP contribution in [0.5, 0.6) is 0 Å². The number of hydrogen-bond donors (Lipinski definition) is 6. The number of benzene rings is 2. The molecule has 17 heteroatoms. The number of nitrogens with two attached hydrogens (primary N) is 2. The third-order valence-corrected chi connectivity index (χ3v) is 8.27. The van der Waals surface area contributed by atoms with Crippen LogP contribution in [0.4, 0.5) is 15.8 Å². The number of carbonyl (C=O) groups is 4. The Labute approximate surface area is 268 Å². The van der Waals surface area contributed by atoms with Crippen molar-refractivity contribution in [2.24, 2.45) is 5.73 Å². The zero-order chi connectivity index (χ0) is 34.4. The summed E-state index contributed by atoms with van der Waals surface area (Å²) in [6, 6.07) is 7.85. The van der Waals surface area contributed by atoms with Gasteiger partial charge in [0, 0.05) is 24.7 Å². The van der Waals surface area contributed by atoms with Gasteiger partial charge in [0.15, 0.2) is 11.3 Å². The van der Waals surface area contributed by atoms with Crippen LogP contribution >= 0.6 is 0 Å². The summed E-state index contributed by atoms with van der Waals surface area (Å²) in [6.45, 7) is 1.44. The van der Waals surface area contributed by atoms with E-state index in [1.807, 2.05) is 0 Å². The summed E-state index contributed by atoms with van der Waals surface area (Å²) in [5.74, 6) is -4.08. The van der Waals surface area contributed by atoms with E-state index in [1.54, 1.807) is 13.0 Å². The van der Waals surface area contributed by atoms with Crippen LogP contribution in [0, 0.1) is 12.7 Å². The van der Waals surface area contributed by atoms with Crippen molar-refractivity contribution in [3.63, 3.8) is 0 Å². The average Bonchev–Trinajstić information content (AvgIpc) is 3.69. The second-order valence-electron chi connectivity index (χ2n) is 11.1. The molecule has 244 valence electrons. The van der Waals surface area contributed by atoms with Crippen molar-refractivity contribution in [2.75, 3.05) is 11.1 Å². The lowest BCUT2D eigenvalue weighted by Gasteiger charge is -2.16. The van der Waals surface area contributed by atoms with Gasteiger partial charge in [-0.15, -0.1) is 5.10 Å². The third kappa shape index (κ3) is 5.46. The zero-order valence-electron chi connectivity index (χ0n) is 25.1. The number of nitrogens with one attached hydrogen (secondary N) is 3. The molecular formula is C31H26FN9O7. The summed E-state index contributed by atoms with van der Waals surface area (Å²) in [4.78, 5) is 77.7. The fourth-order valence-corrected chi connectivity index (χ4v) is 5.72. The van der Waals surface area contributed by atoms with Gasteiger partial charge in [0.2, 0.25) is 0 Å². The number of nitrogens with zero attached hydrogens (tertiary/aromatic N) is 4. The first-order valence-electron chi connectivity index (χ1n) is 14.5. The van der Waals surface area contributed by atoms with E-state index in [0.29, 0.717) is 24.0 Å². The molecule has 0 radical (unpaired) electrons. The Kier molecular flexibility index (Phi) is 7.87. The normalized spacial score (nSPS) is 13.8. The van der Waals surface area contributed by atoms with Gasteiger partial charge in [-0.05, 0) is 60.2 Å². The number of aromatic carboxylic acids is 1. The molecule has 0 spiro atoms. The van der Waals surface area contributed by atoms with E-state index in [9.17, 15) is 38.3 Å². The predicted octanol–water partition coefficient (Wildman–Crippen LogP) is 0.507. The maximum Gasteiger partial charge on any atom is 0.335 e. The highest BCUT2D eigenvalue weighted by molar-refractivity contribution is 6.01. The SMILES string of the molecule is Cc1c(C(=O)O)ccc2c1CC[C@@H]2NC(=O)c1cc(C(=O)NCc2ccc(F)c(CNc3c(N)c(=O)c3=O)c2)nc2c(C(N)=O)nnn12. The summed E-state index contributed by atoms with van der Waals surface area (Å²) in [7, 11) is 0. The molecule has 5 aromatic rings. The number of carboxylic acids is 1. The monoisotopic (exact) mass is 655 g/mol. The molecule has 2 aromatic heterocycles. The molecule has 16 nitrogen and oxygen atoms in total. The Morgan fingerprint density at radius 3 is 2.54 bits per heavy atom. The Morgan fingerprint density at radius 1 is 1.06 bits per heavy atom. The molecule has 0 bridgehead atoms. The highest BCUT2D eigenvalue weighted by Crippen LogP contribution is 2.35. The molecule has 1 atom stereocenters. The molecule has 0 aliphatic heterocycles. The van der Waals surface area contributed by atoms with Crippen molar-refractivity contribution in [1.29, 1.82) is 0 Å². The molecule has 6 rings (SSSR count). The molecule has 0 fully saturated rings. The van der Waals surface area contributed by atoms with Gasteiger partial charge < -0.3 is 32.5 Å². The topological polar surface area (TPSA) is 254 Å². The van der Waals surface area contributed by atoms with Crippen molar-refractivity contribution in [3.8, 4) is 0 Å². The molecular weight excluding hydrogens is 629 g/mol. The number of amides is 3. The predicted molar refractivity (Wildman–Crippen MR) is 167 cm³/mol. The van der Waals surface area contributed by atoms with Crippen LogP contribution < -0.4 is 38.3 Å². The summed E-state index contributed by atoms with van der Waals surface area (Å²) in [6.07, 6.45) is 1.03. The van der Waals surface area contributed by atoms with Gasteiger partial charge in [-0.1, -0.05) is 17.3 Å². The summed E-state index contributed by atoms with van der Waals surface area (Å²) in [5, 5.41) is 25.2. The molecule has 0 saturated heterocycles. The van der Waals surface area contributed by atoms with Gasteiger partial charge in [0.25, 0.3) is 28.6 Å². The van der Waals surface area contributed by atoms with E-state index < -0.39 is 46.4 Å². The number of carbonyl (C=O) groups excluding carboxylic acids is 3. The Bertz CT molecular complexity index is 2270. The van der Waals surface area contributed by atoms with Crippen LogP contribution in [-0.4, -0.2) is 48.6 Å². The summed E-state index contributed by atoms with van der Waals surface area (Å²) in [5.41, 5.74) is 10.9. The largest absolute Gasteiger partial charge is 0.478 e. The second-order valence-corrected chi connectivity index (χ2v) is 11.1. The Morgan fingerprint density at radius 2 is 1.83 bits per heavy atom. The van der Waals surface area contributed by atoms with Crippen LogP contribution in [0.25, 0.3) is 5.65 Å². The lowest BCUT2D eigenvalue weighted by atomic mass is 9.98. The third-order valence-electron chi connectivity index (χ3n) is 8.27. The average molecular weight is 656 g/mol. The number of primary amides is 1. The van der Waals surface area contributed by atoms with Crippen LogP contribution in [-0.2, 0) is 19.5 Å². The number of halogens is 1. The number of rotatable bonds is 10. The number of nitrogen functional groups attached to an aromatic ring is 1. The molecule has 0 saturated carbocycles. The first-order valence-corrected chi connectivity index (χ1v) is 14.5. The fraction of sp³-hybridized carbons (Fsp3) is 0.194. The first-order chi connectivity index (χ1) is 22.8. The Hall–Kier alpha value is -6.52. The molecule has 3 amide bonds. The van der Waals surface area contributed by atoms with Gasteiger partial charge in [-0.2, -0.15) is 4.52 Å². The van der Waals surface area contributed by atoms with Gasteiger partial charge in [-0.25, -0.2) is 14.2 Å². The van der Waals surface area contributed by atoms with Crippen molar-refractivity contribution >= 4 is 40.7 Å². The minimum absolute atomic E-state index is 0.0938. The smallest absolute Gasteiger partial charge is 0.335 e. The molecule has 1 aliphatic rings. The van der Waals surface area contributed by atoms with Gasteiger partial charge in [0.05, 0.1) is 11.6 Å². The molecule has 8 N–H and O–H groups in total. The standard InChI is InChI=1S/C31H26FN9O7/c1-12-15-5-7-19(17(15)4-3-16(12)31(47)48)38-30(46)21-9-20(37-28-24(27(34)44)39-40-41(21)28)29(45)36-10-13-2-6-18(32)14(8-13)11-35-23-22(33)25(42)26(23)43/h2-4,6,8-9,19,35H,5,7,10-11,33H2,1H3,(H2,34,44)(H,36,45)(H,38,46)(H,47,48)/t19-/m0/s1. The van der Waals surface area contributed by atoms with Gasteiger partial charge in [-0.3, -0.25) is 24.0 Å². The number of fused-ring (bicyclic) bond motifs is 2. The fourth-order valence-electron chi connectivity index (χ4n) is 5.72. The quantitative estimate of drug-likeness (QED) is 0.113. The molecule has 48 heavy (non-hydrogen) atoms. The molecule has 0 unspecified atom stereocenters. The van der Waals surface area contributed by atoms with E-state index in [4.69, 9.17) is 11.5 Å². The maximum absolute atomic E-state index is 14.5. The van der Waals surface area contributed by atoms with E-state index in [0.717, 1.165) is 15.6 Å². The minimum atomic E-state index is -1.05. The van der Waals surface area contributed by atoms with Crippen molar-refractivity contribution in [3.05, 3.63) is 113 Å². The number of aromatic nitrogens is 4. The highest BCUT2D eigenvalue weighted by Gasteiger charge is 2.30. The number of hydrogen-bond acceptors (Lipinski definition) is 11. The first kappa shape index (κ1) is 31.5. The van der Waals surface area contributed by atoms with Crippen LogP contribution in [0.2, 0.25) is 0 Å². The van der Waals surface area contributed by atoms with E-state index in [-0.39, 0.29) is 58.3 Å². The van der Waals surface area contributed by atoms with Crippen molar-refractivity contribution < 1.29 is 28.7 Å². The number of carboxylic acid groups (broad SMARTS) is 1. The summed E-state index contributed by atoms with van der Waals surface area (Å²) >= 11 is 0. The van der Waals surface area contributed by atoms with Crippen LogP contribution in [0.15, 0.2) is 46.0 Å². The van der Waals surface area contributed by atoms with E-state index >= 15 is 0 Å². The second kappa shape index (κ2) is 12.0. The highest BCUT2D eigenvalue weighted by atomic mass is 19.1. The van der Waals surface area contributed by atoms with Gasteiger partial charge in [0.1, 0.15) is 28.6 Å². The minimum Gasteiger partial charge on any atom is -0.478 e. The van der Waals surface area contributed by atoms with Gasteiger partial charge >= 0.3 is 5.97 Å².